The molecule has 0 spiro atoms. The predicted octanol–water partition coefficient (Wildman–Crippen LogP) is 5.63. The molecule has 2 atom stereocenters. The molecule has 0 aromatic rings. The molecule has 3 heteroatoms. The van der Waals surface area contributed by atoms with Gasteiger partial charge in [0.15, 0.2) is 12.4 Å². The smallest absolute Gasteiger partial charge is 0.212 e. The fourth-order valence-corrected chi connectivity index (χ4v) is 3.11. The van der Waals surface area contributed by atoms with Crippen LogP contribution in [0.15, 0.2) is 17.1 Å². The van der Waals surface area contributed by atoms with Gasteiger partial charge in [-0.1, -0.05) is 77.7 Å². The third kappa shape index (κ3) is 6.88. The summed E-state index contributed by atoms with van der Waals surface area (Å²) >= 11 is 0. The molecule has 132 valence electrons. The van der Waals surface area contributed by atoms with Gasteiger partial charge in [-0.05, 0) is 20.3 Å². The van der Waals surface area contributed by atoms with Crippen molar-refractivity contribution in [3.05, 3.63) is 12.2 Å². The van der Waals surface area contributed by atoms with Gasteiger partial charge in [-0.3, -0.25) is 4.79 Å². The van der Waals surface area contributed by atoms with Crippen molar-refractivity contribution < 1.29 is 9.53 Å². The molecular weight excluding hydrogens is 286 g/mol. The number of carbonyl (C=O) groups is 1. The molecule has 0 fully saturated rings. The van der Waals surface area contributed by atoms with E-state index in [1.54, 1.807) is 0 Å². The fourth-order valence-electron chi connectivity index (χ4n) is 3.11. The quantitative estimate of drug-likeness (QED) is 0.326. The van der Waals surface area contributed by atoms with Crippen LogP contribution < -0.4 is 0 Å². The van der Waals surface area contributed by atoms with Crippen LogP contribution in [0.3, 0.4) is 0 Å². The van der Waals surface area contributed by atoms with Crippen LogP contribution in [0.4, 0.5) is 0 Å². The van der Waals surface area contributed by atoms with Gasteiger partial charge < -0.3 is 4.74 Å². The average Bonchev–Trinajstić information content (AvgIpc) is 2.86. The number of hydrogen-bond donors (Lipinski definition) is 0. The van der Waals surface area contributed by atoms with Crippen LogP contribution in [0, 0.1) is 0 Å². The van der Waals surface area contributed by atoms with Crippen LogP contribution in [-0.4, -0.2) is 23.8 Å². The topological polar surface area (TPSA) is 38.7 Å². The number of hydrogen-bond acceptors (Lipinski definition) is 3. The average molecular weight is 322 g/mol. The van der Waals surface area contributed by atoms with Crippen molar-refractivity contribution in [2.75, 3.05) is 0 Å². The van der Waals surface area contributed by atoms with Crippen molar-refractivity contribution in [1.29, 1.82) is 0 Å². The number of aliphatic imine (C=N–C) groups is 1. The third-order valence-electron chi connectivity index (χ3n) is 4.73. The Kier molecular flexibility index (Phi) is 9.20. The first-order valence-electron chi connectivity index (χ1n) is 9.41. The molecule has 0 aromatic carbocycles. The van der Waals surface area contributed by atoms with Gasteiger partial charge in [-0.25, -0.2) is 4.99 Å². The standard InChI is InChI=1S/C20H35NO2/c1-5-6-7-8-9-10-11-12-13-14-15-20(4)18(16-22)23-19(21-20)17(2)3/h16,18H,2,5-15H2,1,3-4H3. The molecule has 0 bridgehead atoms. The monoisotopic (exact) mass is 321 g/mol. The molecule has 23 heavy (non-hydrogen) atoms. The lowest BCUT2D eigenvalue weighted by Crippen LogP contribution is -2.36. The molecule has 1 heterocycles. The van der Waals surface area contributed by atoms with Crippen LogP contribution in [0.5, 0.6) is 0 Å². The Morgan fingerprint density at radius 3 is 2.13 bits per heavy atom. The summed E-state index contributed by atoms with van der Waals surface area (Å²) in [7, 11) is 0. The van der Waals surface area contributed by atoms with Crippen molar-refractivity contribution in [3.8, 4) is 0 Å². The van der Waals surface area contributed by atoms with Gasteiger partial charge in [0, 0.05) is 5.57 Å². The highest BCUT2D eigenvalue weighted by Gasteiger charge is 2.41. The second kappa shape index (κ2) is 10.6. The summed E-state index contributed by atoms with van der Waals surface area (Å²) in [4.78, 5) is 15.9. The third-order valence-corrected chi connectivity index (χ3v) is 4.73. The van der Waals surface area contributed by atoms with Gasteiger partial charge in [-0.2, -0.15) is 0 Å². The molecule has 1 aliphatic rings. The molecule has 0 N–H and O–H groups in total. The number of unbranched alkanes of at least 4 members (excludes halogenated alkanes) is 9. The van der Waals surface area contributed by atoms with Crippen LogP contribution >= 0.6 is 0 Å². The Balaban J connectivity index is 2.16. The molecule has 2 unspecified atom stereocenters. The van der Waals surface area contributed by atoms with Crippen molar-refractivity contribution in [2.45, 2.75) is 103 Å². The SMILES string of the molecule is C=C(C)C1=NC(C)(CCCCCCCCCCCC)C(C=O)O1. The minimum absolute atomic E-state index is 0.407. The maximum absolute atomic E-state index is 11.2. The van der Waals surface area contributed by atoms with Crippen molar-refractivity contribution in [3.63, 3.8) is 0 Å². The highest BCUT2D eigenvalue weighted by molar-refractivity contribution is 5.95. The second-order valence-corrected chi connectivity index (χ2v) is 7.16. The number of aldehydes is 1. The Hall–Kier alpha value is -1.12. The van der Waals surface area contributed by atoms with Gasteiger partial charge in [0.05, 0.1) is 0 Å². The highest BCUT2D eigenvalue weighted by Crippen LogP contribution is 2.31. The van der Waals surface area contributed by atoms with E-state index in [-0.39, 0.29) is 0 Å². The zero-order valence-corrected chi connectivity index (χ0v) is 15.4. The zero-order valence-electron chi connectivity index (χ0n) is 15.4. The Labute approximate surface area is 142 Å². The lowest BCUT2D eigenvalue weighted by molar-refractivity contribution is -0.115. The van der Waals surface area contributed by atoms with E-state index in [0.717, 1.165) is 24.7 Å². The van der Waals surface area contributed by atoms with E-state index < -0.39 is 11.6 Å². The minimum atomic E-state index is -0.451. The van der Waals surface area contributed by atoms with Crippen molar-refractivity contribution >= 4 is 12.2 Å². The first-order valence-corrected chi connectivity index (χ1v) is 9.41. The van der Waals surface area contributed by atoms with E-state index in [4.69, 9.17) is 4.74 Å². The molecule has 1 rings (SSSR count). The van der Waals surface area contributed by atoms with Crippen LogP contribution in [0.2, 0.25) is 0 Å². The lowest BCUT2D eigenvalue weighted by atomic mass is 9.90. The van der Waals surface area contributed by atoms with E-state index in [2.05, 4.69) is 18.5 Å². The van der Waals surface area contributed by atoms with Gasteiger partial charge >= 0.3 is 0 Å². The van der Waals surface area contributed by atoms with E-state index in [1.165, 1.54) is 57.8 Å². The normalized spacial score (nSPS) is 23.4. The van der Waals surface area contributed by atoms with Gasteiger partial charge in [-0.15, -0.1) is 0 Å². The minimum Gasteiger partial charge on any atom is -0.464 e. The van der Waals surface area contributed by atoms with Crippen LogP contribution in [0.1, 0.15) is 91.4 Å². The van der Waals surface area contributed by atoms with E-state index in [1.807, 2.05) is 13.8 Å². The van der Waals surface area contributed by atoms with Gasteiger partial charge in [0.1, 0.15) is 5.54 Å². The molecule has 0 aromatic heterocycles. The van der Waals surface area contributed by atoms with E-state index in [0.29, 0.717) is 5.90 Å². The summed E-state index contributed by atoms with van der Waals surface area (Å²) in [5, 5.41) is 0. The maximum atomic E-state index is 11.2. The lowest BCUT2D eigenvalue weighted by Gasteiger charge is -2.23. The van der Waals surface area contributed by atoms with Crippen molar-refractivity contribution in [2.24, 2.45) is 4.99 Å². The highest BCUT2D eigenvalue weighted by atomic mass is 16.5. The van der Waals surface area contributed by atoms with E-state index >= 15 is 0 Å². The van der Waals surface area contributed by atoms with Crippen LogP contribution in [-0.2, 0) is 9.53 Å². The largest absolute Gasteiger partial charge is 0.464 e. The van der Waals surface area contributed by atoms with Gasteiger partial charge in [0.25, 0.3) is 0 Å². The molecule has 0 saturated carbocycles. The van der Waals surface area contributed by atoms with Crippen molar-refractivity contribution in [1.82, 2.24) is 0 Å². The van der Waals surface area contributed by atoms with E-state index in [9.17, 15) is 4.79 Å². The second-order valence-electron chi connectivity index (χ2n) is 7.16. The number of nitrogens with zero attached hydrogens (tertiary/aromatic N) is 1. The summed E-state index contributed by atoms with van der Waals surface area (Å²) in [5.74, 6) is 0.552. The maximum Gasteiger partial charge on any atom is 0.212 e. The van der Waals surface area contributed by atoms with Crippen LogP contribution in [0.25, 0.3) is 0 Å². The Morgan fingerprint density at radius 1 is 1.13 bits per heavy atom. The number of carbonyl (C=O) groups excluding carboxylic acids is 1. The summed E-state index contributed by atoms with van der Waals surface area (Å²) in [6, 6.07) is 0. The zero-order chi connectivity index (χ0) is 17.1. The fraction of sp³-hybridized carbons (Fsp3) is 0.800. The molecule has 3 nitrogen and oxygen atoms in total. The predicted molar refractivity (Wildman–Crippen MR) is 98.1 cm³/mol. The number of ether oxygens (including phenoxy) is 1. The first-order chi connectivity index (χ1) is 11.0. The molecule has 0 saturated heterocycles. The summed E-state index contributed by atoms with van der Waals surface area (Å²) in [6.45, 7) is 10.0. The summed E-state index contributed by atoms with van der Waals surface area (Å²) < 4.78 is 5.61. The molecule has 1 aliphatic heterocycles. The molecule has 0 aliphatic carbocycles. The Morgan fingerprint density at radius 2 is 1.65 bits per heavy atom. The summed E-state index contributed by atoms with van der Waals surface area (Å²) in [6.07, 6.45) is 14.5. The molecule has 0 amide bonds. The molecule has 0 radical (unpaired) electrons. The summed E-state index contributed by atoms with van der Waals surface area (Å²) in [5.41, 5.74) is 0.388. The number of rotatable bonds is 13. The first kappa shape index (κ1) is 19.9. The van der Waals surface area contributed by atoms with Gasteiger partial charge in [0.2, 0.25) is 5.90 Å². The Bertz CT molecular complexity index is 402. The molecular formula is C20H35NO2.